The lowest BCUT2D eigenvalue weighted by Crippen LogP contribution is -2.27. The molecule has 6 heteroatoms. The van der Waals surface area contributed by atoms with Crippen LogP contribution in [0, 0.1) is 0 Å². The molecule has 3 aromatic rings. The zero-order chi connectivity index (χ0) is 20.2. The fourth-order valence-corrected chi connectivity index (χ4v) is 4.30. The van der Waals surface area contributed by atoms with Crippen LogP contribution in [-0.2, 0) is 11.4 Å². The summed E-state index contributed by atoms with van der Waals surface area (Å²) in [4.78, 5) is 15.1. The first-order valence-corrected chi connectivity index (χ1v) is 10.5. The van der Waals surface area contributed by atoms with Crippen LogP contribution in [0.2, 0.25) is 5.02 Å². The van der Waals surface area contributed by atoms with Crippen molar-refractivity contribution in [1.29, 1.82) is 0 Å². The Hall–Kier alpha value is -2.60. The van der Waals surface area contributed by atoms with Crippen LogP contribution in [0.1, 0.15) is 11.1 Å². The Morgan fingerprint density at radius 2 is 1.66 bits per heavy atom. The molecule has 1 heterocycles. The maximum Gasteiger partial charge on any atom is 0.270 e. The Morgan fingerprint density at radius 1 is 0.966 bits per heavy atom. The van der Waals surface area contributed by atoms with Crippen molar-refractivity contribution < 1.29 is 9.53 Å². The first kappa shape index (κ1) is 19.7. The number of carbonyl (C=O) groups excluding carboxylic acids is 1. The molecule has 29 heavy (non-hydrogen) atoms. The van der Waals surface area contributed by atoms with Crippen LogP contribution in [0.15, 0.2) is 83.8 Å². The highest BCUT2D eigenvalue weighted by molar-refractivity contribution is 8.27. The average molecular weight is 438 g/mol. The van der Waals surface area contributed by atoms with Crippen LogP contribution in [-0.4, -0.2) is 10.2 Å². The normalized spacial score (nSPS) is 15.2. The molecule has 0 N–H and O–H groups in total. The van der Waals surface area contributed by atoms with Gasteiger partial charge in [-0.25, -0.2) is 0 Å². The summed E-state index contributed by atoms with van der Waals surface area (Å²) in [6, 6.07) is 24.6. The lowest BCUT2D eigenvalue weighted by molar-refractivity contribution is -0.113. The van der Waals surface area contributed by atoms with E-state index in [1.54, 1.807) is 4.90 Å². The van der Waals surface area contributed by atoms with Gasteiger partial charge in [-0.1, -0.05) is 84.1 Å². The fraction of sp³-hybridized carbons (Fsp3) is 0.0435. The van der Waals surface area contributed by atoms with Crippen molar-refractivity contribution in [3.05, 3.63) is 99.9 Å². The lowest BCUT2D eigenvalue weighted by Gasteiger charge is -2.14. The topological polar surface area (TPSA) is 29.5 Å². The van der Waals surface area contributed by atoms with E-state index in [0.717, 1.165) is 16.8 Å². The number of carbonyl (C=O) groups is 1. The van der Waals surface area contributed by atoms with Crippen molar-refractivity contribution in [2.75, 3.05) is 4.90 Å². The summed E-state index contributed by atoms with van der Waals surface area (Å²) in [5.41, 5.74) is 2.61. The van der Waals surface area contributed by atoms with E-state index < -0.39 is 0 Å². The van der Waals surface area contributed by atoms with Gasteiger partial charge in [0.15, 0.2) is 4.32 Å². The third kappa shape index (κ3) is 4.53. The maximum absolute atomic E-state index is 12.9. The number of hydrogen-bond donors (Lipinski definition) is 0. The molecule has 1 amide bonds. The van der Waals surface area contributed by atoms with Crippen molar-refractivity contribution in [3.63, 3.8) is 0 Å². The smallest absolute Gasteiger partial charge is 0.270 e. The summed E-state index contributed by atoms with van der Waals surface area (Å²) < 4.78 is 6.51. The number of halogens is 1. The highest BCUT2D eigenvalue weighted by atomic mass is 35.5. The third-order valence-corrected chi connectivity index (χ3v) is 5.88. The van der Waals surface area contributed by atoms with Gasteiger partial charge in [-0.15, -0.1) is 0 Å². The molecule has 1 fully saturated rings. The molecule has 144 valence electrons. The Bertz CT molecular complexity index is 1080. The molecule has 0 aliphatic carbocycles. The monoisotopic (exact) mass is 437 g/mol. The van der Waals surface area contributed by atoms with E-state index in [1.165, 1.54) is 11.8 Å². The molecule has 1 aliphatic rings. The number of thiocarbonyl (C=S) groups is 1. The number of anilines is 1. The zero-order valence-corrected chi connectivity index (χ0v) is 17.6. The summed E-state index contributed by atoms with van der Waals surface area (Å²) in [6.07, 6.45) is 1.83. The van der Waals surface area contributed by atoms with Crippen molar-refractivity contribution in [2.45, 2.75) is 6.61 Å². The lowest BCUT2D eigenvalue weighted by atomic mass is 10.1. The van der Waals surface area contributed by atoms with Crippen molar-refractivity contribution in [2.24, 2.45) is 0 Å². The second-order valence-electron chi connectivity index (χ2n) is 6.31. The van der Waals surface area contributed by atoms with Crippen LogP contribution < -0.4 is 9.64 Å². The molecule has 0 unspecified atom stereocenters. The molecule has 1 aliphatic heterocycles. The van der Waals surface area contributed by atoms with Crippen LogP contribution in [0.3, 0.4) is 0 Å². The number of thioether (sulfide) groups is 1. The van der Waals surface area contributed by atoms with Gasteiger partial charge in [-0.3, -0.25) is 9.69 Å². The van der Waals surface area contributed by atoms with Gasteiger partial charge in [0.2, 0.25) is 0 Å². The highest BCUT2D eigenvalue weighted by Crippen LogP contribution is 2.37. The first-order valence-electron chi connectivity index (χ1n) is 8.91. The number of rotatable bonds is 5. The predicted octanol–water partition coefficient (Wildman–Crippen LogP) is 6.32. The van der Waals surface area contributed by atoms with Crippen molar-refractivity contribution in [1.82, 2.24) is 0 Å². The van der Waals surface area contributed by atoms with E-state index in [-0.39, 0.29) is 5.91 Å². The summed E-state index contributed by atoms with van der Waals surface area (Å²) in [7, 11) is 0. The molecular formula is C23H16ClNO2S2. The summed E-state index contributed by atoms with van der Waals surface area (Å²) in [5, 5.41) is 0.689. The molecule has 1 saturated heterocycles. The van der Waals surface area contributed by atoms with Gasteiger partial charge in [0.05, 0.1) is 10.6 Å². The summed E-state index contributed by atoms with van der Waals surface area (Å²) in [5.74, 6) is 0.575. The van der Waals surface area contributed by atoms with Gasteiger partial charge in [0, 0.05) is 10.6 Å². The van der Waals surface area contributed by atoms with Gasteiger partial charge in [0.1, 0.15) is 12.4 Å². The molecule has 3 aromatic carbocycles. The molecule has 0 aromatic heterocycles. The highest BCUT2D eigenvalue weighted by Gasteiger charge is 2.33. The molecule has 0 atom stereocenters. The zero-order valence-electron chi connectivity index (χ0n) is 15.2. The predicted molar refractivity (Wildman–Crippen MR) is 124 cm³/mol. The molecule has 0 bridgehead atoms. The van der Waals surface area contributed by atoms with Gasteiger partial charge in [-0.2, -0.15) is 0 Å². The van der Waals surface area contributed by atoms with E-state index in [2.05, 4.69) is 0 Å². The standard InChI is InChI=1S/C23H16ClNO2S2/c24-18-12-10-16(11-13-18)15-27-20-9-5-4-6-17(20)14-21-22(26)25(23(28)29-21)19-7-2-1-3-8-19/h1-14H,15H2/b21-14+. The molecule has 4 rings (SSSR count). The summed E-state index contributed by atoms with van der Waals surface area (Å²) in [6.45, 7) is 0.410. The van der Waals surface area contributed by atoms with Gasteiger partial charge in [-0.05, 0) is 42.0 Å². The minimum Gasteiger partial charge on any atom is -0.488 e. The fourth-order valence-electron chi connectivity index (χ4n) is 2.88. The Labute approximate surface area is 183 Å². The largest absolute Gasteiger partial charge is 0.488 e. The van der Waals surface area contributed by atoms with Gasteiger partial charge in [0.25, 0.3) is 5.91 Å². The van der Waals surface area contributed by atoms with Gasteiger partial charge >= 0.3 is 0 Å². The first-order chi connectivity index (χ1) is 14.1. The minimum atomic E-state index is -0.126. The second-order valence-corrected chi connectivity index (χ2v) is 8.42. The minimum absolute atomic E-state index is 0.126. The molecular weight excluding hydrogens is 422 g/mol. The van der Waals surface area contributed by atoms with Crippen LogP contribution in [0.4, 0.5) is 5.69 Å². The van der Waals surface area contributed by atoms with E-state index >= 15 is 0 Å². The van der Waals surface area contributed by atoms with E-state index in [0.29, 0.717) is 26.6 Å². The number of hydrogen-bond acceptors (Lipinski definition) is 4. The summed E-state index contributed by atoms with van der Waals surface area (Å²) >= 11 is 12.7. The second kappa shape index (κ2) is 8.82. The van der Waals surface area contributed by atoms with Crippen LogP contribution in [0.5, 0.6) is 5.75 Å². The SMILES string of the molecule is O=C1/C(=C\c2ccccc2OCc2ccc(Cl)cc2)SC(=S)N1c1ccccc1. The number of ether oxygens (including phenoxy) is 1. The Kier molecular flexibility index (Phi) is 6.00. The molecule has 0 spiro atoms. The van der Waals surface area contributed by atoms with E-state index in [9.17, 15) is 4.79 Å². The van der Waals surface area contributed by atoms with Crippen molar-refractivity contribution in [3.8, 4) is 5.75 Å². The maximum atomic E-state index is 12.9. The number of benzene rings is 3. The number of para-hydroxylation sites is 2. The van der Waals surface area contributed by atoms with Crippen LogP contribution in [0.25, 0.3) is 6.08 Å². The molecule has 3 nitrogen and oxygen atoms in total. The molecule has 0 radical (unpaired) electrons. The van der Waals surface area contributed by atoms with Gasteiger partial charge < -0.3 is 4.74 Å². The average Bonchev–Trinajstić information content (AvgIpc) is 3.02. The van der Waals surface area contributed by atoms with E-state index in [1.807, 2.05) is 84.9 Å². The Morgan fingerprint density at radius 3 is 2.41 bits per heavy atom. The van der Waals surface area contributed by atoms with E-state index in [4.69, 9.17) is 28.6 Å². The quantitative estimate of drug-likeness (QED) is 0.345. The van der Waals surface area contributed by atoms with Crippen LogP contribution >= 0.6 is 35.6 Å². The van der Waals surface area contributed by atoms with Crippen molar-refractivity contribution >= 4 is 57.6 Å². The number of nitrogens with zero attached hydrogens (tertiary/aromatic N) is 1. The third-order valence-electron chi connectivity index (χ3n) is 4.32. The molecule has 0 saturated carbocycles. The number of amides is 1. The Balaban J connectivity index is 1.56.